The molecule has 2 aliphatic heterocycles. The number of hydrogen-bond donors (Lipinski definition) is 0. The quantitative estimate of drug-likeness (QED) is 0.777. The molecular weight excluding hydrogens is 264 g/mol. The molecule has 2 bridgehead atoms. The first-order valence-corrected chi connectivity index (χ1v) is 8.81. The van der Waals surface area contributed by atoms with Crippen LogP contribution in [-0.4, -0.2) is 55.5 Å². The maximum Gasteiger partial charge on any atom is 0.227 e. The fourth-order valence-electron chi connectivity index (χ4n) is 3.01. The molecule has 0 saturated carbocycles. The van der Waals surface area contributed by atoms with E-state index >= 15 is 0 Å². The number of fused-ring (bicyclic) bond motifs is 3. The second kappa shape index (κ2) is 5.79. The monoisotopic (exact) mass is 288 g/mol. The number of hydrogen-bond acceptors (Lipinski definition) is 3. The highest BCUT2D eigenvalue weighted by Gasteiger charge is 2.39. The van der Waals surface area contributed by atoms with Crippen molar-refractivity contribution in [3.05, 3.63) is 0 Å². The molecule has 2 fully saturated rings. The van der Waals surface area contributed by atoms with Gasteiger partial charge in [0.05, 0.1) is 11.7 Å². The number of sulfonamides is 1. The summed E-state index contributed by atoms with van der Waals surface area (Å²) in [7, 11) is -1.39. The molecular formula is C13H24N2O3S. The van der Waals surface area contributed by atoms with Crippen molar-refractivity contribution in [2.45, 2.75) is 45.1 Å². The molecule has 5 nitrogen and oxygen atoms in total. The molecule has 0 aromatic heterocycles. The zero-order chi connectivity index (χ0) is 14.0. The van der Waals surface area contributed by atoms with E-state index in [1.54, 1.807) is 9.21 Å². The number of likely N-dealkylation sites (N-methyl/N-ethyl adjacent to an activating group) is 1. The molecule has 0 unspecified atom stereocenters. The van der Waals surface area contributed by atoms with E-state index in [2.05, 4.69) is 0 Å². The second-order valence-corrected chi connectivity index (χ2v) is 7.81. The topological polar surface area (TPSA) is 57.7 Å². The Morgan fingerprint density at radius 3 is 2.68 bits per heavy atom. The normalized spacial score (nSPS) is 29.4. The number of nitrogens with zero attached hydrogens (tertiary/aromatic N) is 2. The third-order valence-electron chi connectivity index (χ3n) is 4.32. The van der Waals surface area contributed by atoms with Crippen LogP contribution in [0.4, 0.5) is 0 Å². The Morgan fingerprint density at radius 2 is 2.00 bits per heavy atom. The van der Waals surface area contributed by atoms with Crippen LogP contribution in [0, 0.1) is 5.92 Å². The molecule has 110 valence electrons. The summed E-state index contributed by atoms with van der Waals surface area (Å²) in [6, 6.07) is 0.0522. The van der Waals surface area contributed by atoms with Crippen molar-refractivity contribution < 1.29 is 13.2 Å². The molecule has 0 spiro atoms. The van der Waals surface area contributed by atoms with E-state index in [4.69, 9.17) is 0 Å². The molecule has 6 heteroatoms. The third kappa shape index (κ3) is 3.11. The molecule has 0 N–H and O–H groups in total. The van der Waals surface area contributed by atoms with Gasteiger partial charge in [0.1, 0.15) is 0 Å². The molecule has 19 heavy (non-hydrogen) atoms. The van der Waals surface area contributed by atoms with E-state index in [1.165, 1.54) is 0 Å². The van der Waals surface area contributed by atoms with Crippen LogP contribution >= 0.6 is 0 Å². The number of carbonyl (C=O) groups is 1. The third-order valence-corrected chi connectivity index (χ3v) is 6.21. The SMILES string of the molecule is CCCCS(=O)(=O)N1C[C@H]2CCC[C@@H](C1)N(C)C2=O. The van der Waals surface area contributed by atoms with Gasteiger partial charge >= 0.3 is 0 Å². The summed E-state index contributed by atoms with van der Waals surface area (Å²) >= 11 is 0. The first-order chi connectivity index (χ1) is 8.95. The average molecular weight is 288 g/mol. The van der Waals surface area contributed by atoms with Crippen LogP contribution < -0.4 is 0 Å². The molecule has 1 amide bonds. The van der Waals surface area contributed by atoms with Gasteiger partial charge in [-0.1, -0.05) is 19.8 Å². The second-order valence-electron chi connectivity index (χ2n) is 5.72. The van der Waals surface area contributed by atoms with Gasteiger partial charge in [-0.15, -0.1) is 0 Å². The van der Waals surface area contributed by atoms with Gasteiger partial charge in [-0.2, -0.15) is 4.31 Å². The van der Waals surface area contributed by atoms with E-state index in [0.717, 1.165) is 25.7 Å². The van der Waals surface area contributed by atoms with Crippen molar-refractivity contribution in [2.24, 2.45) is 5.92 Å². The zero-order valence-corrected chi connectivity index (χ0v) is 12.7. The Kier molecular flexibility index (Phi) is 4.50. The lowest BCUT2D eigenvalue weighted by atomic mass is 10.0. The van der Waals surface area contributed by atoms with Crippen molar-refractivity contribution in [1.82, 2.24) is 9.21 Å². The molecule has 0 aromatic rings. The maximum absolute atomic E-state index is 12.3. The summed E-state index contributed by atoms with van der Waals surface area (Å²) < 4.78 is 26.2. The number of rotatable bonds is 4. The van der Waals surface area contributed by atoms with Crippen molar-refractivity contribution in [2.75, 3.05) is 25.9 Å². The van der Waals surface area contributed by atoms with E-state index in [1.807, 2.05) is 14.0 Å². The largest absolute Gasteiger partial charge is 0.341 e. The van der Waals surface area contributed by atoms with Gasteiger partial charge in [0, 0.05) is 26.2 Å². The summed E-state index contributed by atoms with van der Waals surface area (Å²) in [5.41, 5.74) is 0. The molecule has 2 rings (SSSR count). The molecule has 0 aliphatic carbocycles. The highest BCUT2D eigenvalue weighted by Crippen LogP contribution is 2.28. The minimum absolute atomic E-state index is 0.0522. The maximum atomic E-state index is 12.3. The van der Waals surface area contributed by atoms with Gasteiger partial charge in [0.15, 0.2) is 0 Å². The molecule has 2 saturated heterocycles. The predicted octanol–water partition coefficient (Wildman–Crippen LogP) is 1.06. The van der Waals surface area contributed by atoms with Crippen LogP contribution in [0.3, 0.4) is 0 Å². The average Bonchev–Trinajstić information content (AvgIpc) is 2.53. The highest BCUT2D eigenvalue weighted by molar-refractivity contribution is 7.89. The number of carbonyl (C=O) groups excluding carboxylic acids is 1. The highest BCUT2D eigenvalue weighted by atomic mass is 32.2. The van der Waals surface area contributed by atoms with Crippen LogP contribution in [-0.2, 0) is 14.8 Å². The molecule has 2 aliphatic rings. The van der Waals surface area contributed by atoms with Crippen molar-refractivity contribution in [3.63, 3.8) is 0 Å². The van der Waals surface area contributed by atoms with Crippen molar-refractivity contribution in [1.29, 1.82) is 0 Å². The smallest absolute Gasteiger partial charge is 0.227 e. The predicted molar refractivity (Wildman–Crippen MR) is 74.2 cm³/mol. The van der Waals surface area contributed by atoms with E-state index < -0.39 is 10.0 Å². The summed E-state index contributed by atoms with van der Waals surface area (Å²) in [6.45, 7) is 2.85. The first-order valence-electron chi connectivity index (χ1n) is 7.20. The van der Waals surface area contributed by atoms with Crippen LogP contribution in [0.5, 0.6) is 0 Å². The van der Waals surface area contributed by atoms with Gasteiger partial charge < -0.3 is 4.90 Å². The van der Waals surface area contributed by atoms with E-state index in [9.17, 15) is 13.2 Å². The van der Waals surface area contributed by atoms with Crippen LogP contribution in [0.25, 0.3) is 0 Å². The van der Waals surface area contributed by atoms with Crippen molar-refractivity contribution in [3.8, 4) is 0 Å². The fraction of sp³-hybridized carbons (Fsp3) is 0.923. The van der Waals surface area contributed by atoms with Crippen LogP contribution in [0.2, 0.25) is 0 Å². The molecule has 2 atom stereocenters. The Labute approximate surface area is 116 Å². The van der Waals surface area contributed by atoms with Gasteiger partial charge in [-0.25, -0.2) is 8.42 Å². The molecule has 2 heterocycles. The number of unbranched alkanes of at least 4 members (excludes halogenated alkanes) is 1. The molecule has 0 aromatic carbocycles. The van der Waals surface area contributed by atoms with Crippen LogP contribution in [0.1, 0.15) is 39.0 Å². The van der Waals surface area contributed by atoms with Crippen LogP contribution in [0.15, 0.2) is 0 Å². The van der Waals surface area contributed by atoms with E-state index in [-0.39, 0.29) is 23.6 Å². The Hall–Kier alpha value is -0.620. The minimum atomic E-state index is -3.20. The van der Waals surface area contributed by atoms with Gasteiger partial charge in [0.2, 0.25) is 15.9 Å². The zero-order valence-electron chi connectivity index (χ0n) is 11.8. The van der Waals surface area contributed by atoms with Gasteiger partial charge in [0.25, 0.3) is 0 Å². The first kappa shape index (κ1) is 14.8. The Morgan fingerprint density at radius 1 is 1.26 bits per heavy atom. The lowest BCUT2D eigenvalue weighted by Gasteiger charge is -2.28. The Balaban J connectivity index is 2.19. The van der Waals surface area contributed by atoms with Crippen molar-refractivity contribution >= 4 is 15.9 Å². The lowest BCUT2D eigenvalue weighted by molar-refractivity contribution is -0.134. The summed E-state index contributed by atoms with van der Waals surface area (Å²) in [4.78, 5) is 14.0. The minimum Gasteiger partial charge on any atom is -0.341 e. The summed E-state index contributed by atoms with van der Waals surface area (Å²) in [5, 5.41) is 0. The summed E-state index contributed by atoms with van der Waals surface area (Å²) in [6.07, 6.45) is 4.32. The summed E-state index contributed by atoms with van der Waals surface area (Å²) in [5.74, 6) is 0.186. The fourth-order valence-corrected chi connectivity index (χ4v) is 4.72. The van der Waals surface area contributed by atoms with E-state index in [0.29, 0.717) is 19.5 Å². The lowest BCUT2D eigenvalue weighted by Crippen LogP contribution is -2.43. The Bertz CT molecular complexity index is 435. The van der Waals surface area contributed by atoms with Gasteiger partial charge in [-0.05, 0) is 19.3 Å². The molecule has 0 radical (unpaired) electrons. The standard InChI is InChI=1S/C13H24N2O3S/c1-3-4-8-19(17,18)15-9-11-6-5-7-12(10-15)14(2)13(11)16/h11-12H,3-10H2,1-2H3/t11-,12+/m1/s1. The van der Waals surface area contributed by atoms with Gasteiger partial charge in [-0.3, -0.25) is 4.79 Å². The number of amides is 1.